The third kappa shape index (κ3) is 1.72. The summed E-state index contributed by atoms with van der Waals surface area (Å²) < 4.78 is 0. The quantitative estimate of drug-likeness (QED) is 0.556. The van der Waals surface area contributed by atoms with Crippen molar-refractivity contribution >= 4 is 33.7 Å². The molecular weight excluding hydrogens is 196 g/mol. The summed E-state index contributed by atoms with van der Waals surface area (Å²) in [5, 5.41) is 3.00. The molecule has 0 radical (unpaired) electrons. The first-order valence-corrected chi connectivity index (χ1v) is 5.04. The average Bonchev–Trinajstić information content (AvgIpc) is 2.62. The van der Waals surface area contributed by atoms with E-state index in [0.717, 1.165) is 16.0 Å². The Morgan fingerprint density at radius 1 is 1.43 bits per heavy atom. The minimum absolute atomic E-state index is 0.727. The highest BCUT2D eigenvalue weighted by atomic mass is 32.1. The predicted molar refractivity (Wildman–Crippen MR) is 59.3 cm³/mol. The van der Waals surface area contributed by atoms with Crippen LogP contribution in [-0.4, -0.2) is 35.3 Å². The van der Waals surface area contributed by atoms with E-state index in [2.05, 4.69) is 15.0 Å². The van der Waals surface area contributed by atoms with Crippen LogP contribution in [0.1, 0.15) is 0 Å². The Morgan fingerprint density at radius 2 is 2.29 bits per heavy atom. The van der Waals surface area contributed by atoms with E-state index in [1.54, 1.807) is 24.0 Å². The van der Waals surface area contributed by atoms with Crippen LogP contribution in [0.25, 0.3) is 10.2 Å². The number of aromatic nitrogens is 2. The van der Waals surface area contributed by atoms with Crippen molar-refractivity contribution in [3.63, 3.8) is 0 Å². The summed E-state index contributed by atoms with van der Waals surface area (Å²) >= 11 is 1.60. The topological polar surface area (TPSA) is 41.4 Å². The highest BCUT2D eigenvalue weighted by molar-refractivity contribution is 7.16. The third-order valence-electron chi connectivity index (χ3n) is 1.65. The van der Waals surface area contributed by atoms with Gasteiger partial charge in [-0.2, -0.15) is 0 Å². The highest BCUT2D eigenvalue weighted by Crippen LogP contribution is 2.25. The summed E-state index contributed by atoms with van der Waals surface area (Å²) in [4.78, 5) is 15.4. The van der Waals surface area contributed by atoms with Gasteiger partial charge in [0, 0.05) is 14.1 Å². The van der Waals surface area contributed by atoms with Gasteiger partial charge in [-0.25, -0.2) is 15.0 Å². The maximum atomic E-state index is 4.26. The summed E-state index contributed by atoms with van der Waals surface area (Å²) in [5.74, 6) is 0.727. The first-order chi connectivity index (χ1) is 6.77. The Balaban J connectivity index is 2.46. The maximum Gasteiger partial charge on any atom is 0.165 e. The van der Waals surface area contributed by atoms with Gasteiger partial charge >= 0.3 is 0 Å². The van der Waals surface area contributed by atoms with Gasteiger partial charge in [-0.15, -0.1) is 11.3 Å². The van der Waals surface area contributed by atoms with E-state index in [-0.39, 0.29) is 0 Å². The number of rotatable bonds is 2. The monoisotopic (exact) mass is 206 g/mol. The largest absolute Gasteiger partial charge is 0.369 e. The summed E-state index contributed by atoms with van der Waals surface area (Å²) in [6, 6.07) is 1.99. The zero-order chi connectivity index (χ0) is 9.97. The minimum atomic E-state index is 0.727. The first-order valence-electron chi connectivity index (χ1n) is 4.16. The van der Waals surface area contributed by atoms with Gasteiger partial charge in [0.25, 0.3) is 0 Å². The summed E-state index contributed by atoms with van der Waals surface area (Å²) in [5.41, 5.74) is 0. The van der Waals surface area contributed by atoms with Crippen molar-refractivity contribution in [2.24, 2.45) is 4.99 Å². The van der Waals surface area contributed by atoms with Crippen molar-refractivity contribution in [3.05, 3.63) is 17.8 Å². The molecule has 0 bridgehead atoms. The van der Waals surface area contributed by atoms with Gasteiger partial charge in [-0.1, -0.05) is 0 Å². The molecule has 0 aromatic carbocycles. The van der Waals surface area contributed by atoms with E-state index in [4.69, 9.17) is 0 Å². The van der Waals surface area contributed by atoms with E-state index >= 15 is 0 Å². The molecular formula is C9H10N4S. The fourth-order valence-electron chi connectivity index (χ4n) is 1.05. The molecule has 0 atom stereocenters. The van der Waals surface area contributed by atoms with Crippen LogP contribution in [0.4, 0.5) is 5.82 Å². The second-order valence-corrected chi connectivity index (χ2v) is 3.94. The van der Waals surface area contributed by atoms with E-state index in [0.29, 0.717) is 0 Å². The molecule has 0 saturated heterocycles. The number of hydrogen-bond acceptors (Lipinski definition) is 4. The van der Waals surface area contributed by atoms with Crippen molar-refractivity contribution in [2.75, 3.05) is 14.1 Å². The van der Waals surface area contributed by atoms with Gasteiger partial charge in [-0.05, 0) is 11.4 Å². The molecule has 0 N–H and O–H groups in total. The van der Waals surface area contributed by atoms with Gasteiger partial charge in [-0.3, -0.25) is 0 Å². The molecule has 2 aromatic heterocycles. The predicted octanol–water partition coefficient (Wildman–Crippen LogP) is 1.91. The smallest absolute Gasteiger partial charge is 0.165 e. The second-order valence-electron chi connectivity index (χ2n) is 3.04. The van der Waals surface area contributed by atoms with Crippen LogP contribution >= 0.6 is 11.3 Å². The Bertz CT molecular complexity index is 461. The normalized spacial score (nSPS) is 11.3. The molecule has 0 fully saturated rings. The zero-order valence-electron chi connectivity index (χ0n) is 8.01. The van der Waals surface area contributed by atoms with Crippen LogP contribution in [0, 0.1) is 0 Å². The molecule has 0 saturated carbocycles. The fraction of sp³-hybridized carbons (Fsp3) is 0.222. The highest BCUT2D eigenvalue weighted by Gasteiger charge is 2.01. The molecule has 14 heavy (non-hydrogen) atoms. The van der Waals surface area contributed by atoms with Crippen LogP contribution in [0.5, 0.6) is 0 Å². The standard InChI is InChI=1S/C9H10N4S/c1-13(2)6-12-8-7-3-4-14-9(7)11-5-10-8/h3-6H,1-2H3/b12-6-. The Labute approximate surface area is 85.9 Å². The van der Waals surface area contributed by atoms with Crippen LogP contribution in [0.2, 0.25) is 0 Å². The maximum absolute atomic E-state index is 4.26. The molecule has 0 aliphatic rings. The lowest BCUT2D eigenvalue weighted by atomic mass is 10.4. The number of fused-ring (bicyclic) bond motifs is 1. The number of nitrogens with zero attached hydrogens (tertiary/aromatic N) is 4. The minimum Gasteiger partial charge on any atom is -0.369 e. The van der Waals surface area contributed by atoms with E-state index in [9.17, 15) is 0 Å². The molecule has 2 aromatic rings. The van der Waals surface area contributed by atoms with Gasteiger partial charge in [0.2, 0.25) is 0 Å². The molecule has 0 unspecified atom stereocenters. The molecule has 0 aliphatic carbocycles. The lowest BCUT2D eigenvalue weighted by Gasteiger charge is -2.01. The van der Waals surface area contributed by atoms with Crippen LogP contribution in [0.15, 0.2) is 22.8 Å². The lowest BCUT2D eigenvalue weighted by molar-refractivity contribution is 0.643. The summed E-state index contributed by atoms with van der Waals surface area (Å²) in [7, 11) is 3.85. The van der Waals surface area contributed by atoms with Crippen molar-refractivity contribution in [2.45, 2.75) is 0 Å². The molecule has 2 rings (SSSR count). The lowest BCUT2D eigenvalue weighted by Crippen LogP contribution is -2.07. The Kier molecular flexibility index (Phi) is 2.41. The van der Waals surface area contributed by atoms with Gasteiger partial charge < -0.3 is 4.90 Å². The molecule has 2 heterocycles. The fourth-order valence-corrected chi connectivity index (χ4v) is 1.78. The number of hydrogen-bond donors (Lipinski definition) is 0. The Morgan fingerprint density at radius 3 is 3.07 bits per heavy atom. The van der Waals surface area contributed by atoms with E-state index in [1.807, 2.05) is 30.4 Å². The number of aliphatic imine (C=N–C) groups is 1. The van der Waals surface area contributed by atoms with E-state index < -0.39 is 0 Å². The molecule has 0 spiro atoms. The second kappa shape index (κ2) is 3.71. The molecule has 4 nitrogen and oxygen atoms in total. The molecule has 5 heteroatoms. The number of thiophene rings is 1. The van der Waals surface area contributed by atoms with Crippen molar-refractivity contribution < 1.29 is 0 Å². The zero-order valence-corrected chi connectivity index (χ0v) is 8.82. The van der Waals surface area contributed by atoms with Gasteiger partial charge in [0.05, 0.1) is 11.7 Å². The van der Waals surface area contributed by atoms with E-state index in [1.165, 1.54) is 0 Å². The molecule has 72 valence electrons. The summed E-state index contributed by atoms with van der Waals surface area (Å²) in [6.45, 7) is 0. The first kappa shape index (κ1) is 9.08. The van der Waals surface area contributed by atoms with Gasteiger partial charge in [0.1, 0.15) is 11.2 Å². The van der Waals surface area contributed by atoms with Crippen LogP contribution in [-0.2, 0) is 0 Å². The summed E-state index contributed by atoms with van der Waals surface area (Å²) in [6.07, 6.45) is 3.28. The molecule has 0 amide bonds. The average molecular weight is 206 g/mol. The molecule has 0 aliphatic heterocycles. The van der Waals surface area contributed by atoms with Crippen molar-refractivity contribution in [1.82, 2.24) is 14.9 Å². The third-order valence-corrected chi connectivity index (χ3v) is 2.47. The van der Waals surface area contributed by atoms with Crippen molar-refractivity contribution in [3.8, 4) is 0 Å². The van der Waals surface area contributed by atoms with Crippen molar-refractivity contribution in [1.29, 1.82) is 0 Å². The SMILES string of the molecule is CN(C)/C=N\c1ncnc2sccc12. The van der Waals surface area contributed by atoms with Crippen LogP contribution in [0.3, 0.4) is 0 Å². The van der Waals surface area contributed by atoms with Crippen LogP contribution < -0.4 is 0 Å². The Hall–Kier alpha value is -1.49. The van der Waals surface area contributed by atoms with Gasteiger partial charge in [0.15, 0.2) is 5.82 Å².